The first kappa shape index (κ1) is 8.11. The summed E-state index contributed by atoms with van der Waals surface area (Å²) in [6.45, 7) is 3.20. The van der Waals surface area contributed by atoms with E-state index in [4.69, 9.17) is 0 Å². The third-order valence-corrected chi connectivity index (χ3v) is 1.55. The van der Waals surface area contributed by atoms with Crippen molar-refractivity contribution in [1.82, 2.24) is 10.7 Å². The van der Waals surface area contributed by atoms with Crippen LogP contribution in [0.1, 0.15) is 26.2 Å². The monoisotopic (exact) mass is 152 g/mol. The van der Waals surface area contributed by atoms with Crippen LogP contribution in [0.15, 0.2) is 17.0 Å². The number of nitrogens with one attached hydrogen (secondary N) is 1. The van der Waals surface area contributed by atoms with E-state index in [0.717, 1.165) is 12.4 Å². The van der Waals surface area contributed by atoms with E-state index in [9.17, 15) is 0 Å². The first-order valence-electron chi connectivity index (χ1n) is 4.11. The Morgan fingerprint density at radius 2 is 2.36 bits per heavy atom. The summed E-state index contributed by atoms with van der Waals surface area (Å²) in [5, 5.41) is 6.89. The fraction of sp³-hybridized carbons (Fsp3) is 0.625. The van der Waals surface area contributed by atoms with Gasteiger partial charge in [0.05, 0.1) is 6.21 Å². The predicted molar refractivity (Wildman–Crippen MR) is 46.2 cm³/mol. The van der Waals surface area contributed by atoms with Crippen LogP contribution in [-0.4, -0.2) is 12.8 Å². The molecule has 3 heteroatoms. The number of unbranched alkanes of at least 4 members (excludes halogenated alkanes) is 2. The molecule has 11 heavy (non-hydrogen) atoms. The van der Waals surface area contributed by atoms with Gasteiger partial charge in [-0.1, -0.05) is 19.8 Å². The highest BCUT2D eigenvalue weighted by Gasteiger charge is 1.98. The molecule has 0 atom stereocenters. The number of nitrogens with zero attached hydrogens (tertiary/aromatic N) is 2. The van der Waals surface area contributed by atoms with Crippen molar-refractivity contribution < 1.29 is 0 Å². The number of allylic oxidation sites excluding steroid dienone is 1. The Morgan fingerprint density at radius 3 is 3.00 bits per heavy atom. The van der Waals surface area contributed by atoms with Crippen LogP contribution in [0, 0.1) is 0 Å². The number of hydrogen-bond acceptors (Lipinski definition) is 2. The highest BCUT2D eigenvalue weighted by Crippen LogP contribution is 1.95. The molecule has 3 nitrogen and oxygen atoms in total. The van der Waals surface area contributed by atoms with E-state index in [1.807, 2.05) is 6.08 Å². The molecule has 0 amide bonds. The molecule has 0 spiro atoms. The van der Waals surface area contributed by atoms with Crippen molar-refractivity contribution in [2.75, 3.05) is 6.54 Å². The van der Waals surface area contributed by atoms with Gasteiger partial charge in [-0.3, -0.25) is 0 Å². The van der Waals surface area contributed by atoms with Crippen molar-refractivity contribution in [3.63, 3.8) is 0 Å². The largest absolute Gasteiger partial charge is 0.369 e. The van der Waals surface area contributed by atoms with Crippen molar-refractivity contribution in [1.29, 1.82) is 0 Å². The molecule has 1 rings (SSSR count). The molecular weight excluding hydrogens is 138 g/mol. The average molecular weight is 152 g/mol. The van der Waals surface area contributed by atoms with Gasteiger partial charge in [-0.15, -0.1) is 5.43 Å². The smallest absolute Gasteiger partial charge is 0.150 e. The number of hydrogen-bond donors (Lipinski definition) is 1. The summed E-state index contributed by atoms with van der Waals surface area (Å²) in [6, 6.07) is 0. The van der Waals surface area contributed by atoms with Crippen molar-refractivity contribution in [3.8, 4) is 0 Å². The van der Waals surface area contributed by atoms with E-state index >= 15 is 0 Å². The van der Waals surface area contributed by atoms with Gasteiger partial charge < -0.3 is 5.32 Å². The zero-order chi connectivity index (χ0) is 7.94. The van der Waals surface area contributed by atoms with Crippen molar-refractivity contribution in [3.05, 3.63) is 11.9 Å². The lowest BCUT2D eigenvalue weighted by Gasteiger charge is -2.03. The summed E-state index contributed by atoms with van der Waals surface area (Å²) in [5.41, 5.74) is 3.85. The molecule has 61 valence electrons. The molecule has 0 aromatic rings. The van der Waals surface area contributed by atoms with Crippen LogP contribution in [0.25, 0.3) is 0 Å². The Bertz CT molecular complexity index is 161. The minimum atomic E-state index is 0.890. The van der Waals surface area contributed by atoms with Crippen molar-refractivity contribution in [2.24, 2.45) is 5.10 Å². The Labute approximate surface area is 67.6 Å². The first-order chi connectivity index (χ1) is 5.43. The van der Waals surface area contributed by atoms with E-state index < -0.39 is 0 Å². The second kappa shape index (κ2) is 4.77. The Morgan fingerprint density at radius 1 is 1.45 bits per heavy atom. The molecule has 0 saturated carbocycles. The molecule has 0 saturated heterocycles. The Balaban J connectivity index is 1.95. The zero-order valence-electron chi connectivity index (χ0n) is 6.88. The SMILES string of the molecule is CCCCCNC1=CC=N[N]1. The molecule has 1 aliphatic rings. The van der Waals surface area contributed by atoms with Crippen LogP contribution in [0.5, 0.6) is 0 Å². The van der Waals surface area contributed by atoms with Gasteiger partial charge in [0.25, 0.3) is 0 Å². The lowest BCUT2D eigenvalue weighted by molar-refractivity contribution is 0.638. The summed E-state index contributed by atoms with van der Waals surface area (Å²) in [5.74, 6) is 0.890. The van der Waals surface area contributed by atoms with Crippen LogP contribution < -0.4 is 10.7 Å². The summed E-state index contributed by atoms with van der Waals surface area (Å²) < 4.78 is 0. The molecule has 0 fully saturated rings. The molecule has 1 heterocycles. The van der Waals surface area contributed by atoms with Gasteiger partial charge >= 0.3 is 0 Å². The molecule has 1 radical (unpaired) electrons. The summed E-state index contributed by atoms with van der Waals surface area (Å²) in [6.07, 6.45) is 7.33. The van der Waals surface area contributed by atoms with Crippen molar-refractivity contribution >= 4 is 6.21 Å². The summed E-state index contributed by atoms with van der Waals surface area (Å²) in [4.78, 5) is 0. The van der Waals surface area contributed by atoms with E-state index in [0.29, 0.717) is 0 Å². The molecule has 1 aliphatic heterocycles. The van der Waals surface area contributed by atoms with Crippen LogP contribution in [-0.2, 0) is 0 Å². The Kier molecular flexibility index (Phi) is 3.52. The third kappa shape index (κ3) is 3.07. The maximum absolute atomic E-state index is 3.85. The molecule has 0 aromatic carbocycles. The van der Waals surface area contributed by atoms with Crippen LogP contribution in [0.2, 0.25) is 0 Å². The molecule has 1 N–H and O–H groups in total. The first-order valence-corrected chi connectivity index (χ1v) is 4.11. The molecule has 0 bridgehead atoms. The van der Waals surface area contributed by atoms with E-state index in [2.05, 4.69) is 22.8 Å². The van der Waals surface area contributed by atoms with Gasteiger partial charge in [-0.05, 0) is 6.42 Å². The van der Waals surface area contributed by atoms with Gasteiger partial charge in [-0.25, -0.2) is 0 Å². The molecular formula is C8H14N3. The predicted octanol–water partition coefficient (Wildman–Crippen LogP) is 1.21. The molecule has 0 aromatic heterocycles. The number of rotatable bonds is 5. The third-order valence-electron chi connectivity index (χ3n) is 1.55. The lowest BCUT2D eigenvalue weighted by atomic mass is 10.2. The maximum Gasteiger partial charge on any atom is 0.150 e. The normalized spacial score (nSPS) is 14.5. The minimum absolute atomic E-state index is 0.890. The second-order valence-electron chi connectivity index (χ2n) is 2.55. The highest BCUT2D eigenvalue weighted by atomic mass is 15.4. The van der Waals surface area contributed by atoms with Gasteiger partial charge in [-0.2, -0.15) is 5.10 Å². The van der Waals surface area contributed by atoms with Gasteiger partial charge in [0, 0.05) is 12.6 Å². The van der Waals surface area contributed by atoms with E-state index in [1.54, 1.807) is 6.21 Å². The van der Waals surface area contributed by atoms with Gasteiger partial charge in [0.1, 0.15) is 5.82 Å². The van der Waals surface area contributed by atoms with Crippen LogP contribution in [0.4, 0.5) is 0 Å². The van der Waals surface area contributed by atoms with Crippen LogP contribution >= 0.6 is 0 Å². The quantitative estimate of drug-likeness (QED) is 0.591. The van der Waals surface area contributed by atoms with E-state index in [-0.39, 0.29) is 0 Å². The average Bonchev–Trinajstić information content (AvgIpc) is 2.50. The highest BCUT2D eigenvalue weighted by molar-refractivity contribution is 5.73. The maximum atomic E-state index is 3.85. The summed E-state index contributed by atoms with van der Waals surface area (Å²) >= 11 is 0. The topological polar surface area (TPSA) is 38.5 Å². The van der Waals surface area contributed by atoms with Gasteiger partial charge in [0.2, 0.25) is 0 Å². The lowest BCUT2D eigenvalue weighted by Crippen LogP contribution is -2.17. The second-order valence-corrected chi connectivity index (χ2v) is 2.55. The molecule has 0 unspecified atom stereocenters. The standard InChI is InChI=1S/C8H14N3/c1-2-3-4-6-9-8-5-7-10-11-8/h5,7,9H,2-4,6H2,1H3. The van der Waals surface area contributed by atoms with Gasteiger partial charge in [0.15, 0.2) is 0 Å². The Hall–Kier alpha value is -0.990. The van der Waals surface area contributed by atoms with Crippen molar-refractivity contribution in [2.45, 2.75) is 26.2 Å². The molecule has 0 aliphatic carbocycles. The summed E-state index contributed by atoms with van der Waals surface area (Å²) in [7, 11) is 0. The fourth-order valence-electron chi connectivity index (χ4n) is 0.919. The zero-order valence-corrected chi connectivity index (χ0v) is 6.88. The minimum Gasteiger partial charge on any atom is -0.369 e. The van der Waals surface area contributed by atoms with E-state index in [1.165, 1.54) is 19.3 Å². The van der Waals surface area contributed by atoms with Crippen LogP contribution in [0.3, 0.4) is 0 Å². The fourth-order valence-corrected chi connectivity index (χ4v) is 0.919.